The van der Waals surface area contributed by atoms with Gasteiger partial charge in [0.25, 0.3) is 0 Å². The van der Waals surface area contributed by atoms with Gasteiger partial charge in [0.1, 0.15) is 17.5 Å². The van der Waals surface area contributed by atoms with E-state index in [-0.39, 0.29) is 5.92 Å². The first-order valence-corrected chi connectivity index (χ1v) is 8.09. The van der Waals surface area contributed by atoms with Gasteiger partial charge in [0.2, 0.25) is 0 Å². The molecule has 0 aromatic carbocycles. The van der Waals surface area contributed by atoms with Crippen molar-refractivity contribution in [3.8, 4) is 0 Å². The van der Waals surface area contributed by atoms with Gasteiger partial charge in [-0.3, -0.25) is 0 Å². The highest BCUT2D eigenvalue weighted by atomic mass is 15.3. The van der Waals surface area contributed by atoms with Crippen molar-refractivity contribution in [1.29, 1.82) is 0 Å². The van der Waals surface area contributed by atoms with Crippen LogP contribution in [0.25, 0.3) is 0 Å². The standard InChI is InChI=1S/C16H29N5/c1-6-12-7-8-13(10(12)4)18-15-11(5)16(21-17)20-14(19-15)9(2)3/h9-10,12-13H,6-8,17H2,1-5H3,(H2,18,19,20,21). The van der Waals surface area contributed by atoms with E-state index in [1.165, 1.54) is 19.3 Å². The minimum atomic E-state index is 0.280. The first kappa shape index (κ1) is 16.0. The third kappa shape index (κ3) is 3.28. The molecule has 0 aliphatic heterocycles. The van der Waals surface area contributed by atoms with Crippen molar-refractivity contribution in [2.75, 3.05) is 10.7 Å². The molecule has 0 saturated heterocycles. The van der Waals surface area contributed by atoms with Gasteiger partial charge in [-0.15, -0.1) is 0 Å². The maximum Gasteiger partial charge on any atom is 0.148 e. The van der Waals surface area contributed by atoms with Crippen LogP contribution < -0.4 is 16.6 Å². The molecule has 0 bridgehead atoms. The van der Waals surface area contributed by atoms with Crippen LogP contribution in [0.15, 0.2) is 0 Å². The van der Waals surface area contributed by atoms with Crippen LogP contribution in [0.3, 0.4) is 0 Å². The van der Waals surface area contributed by atoms with E-state index in [4.69, 9.17) is 10.8 Å². The average Bonchev–Trinajstić information content (AvgIpc) is 2.81. The molecular weight excluding hydrogens is 262 g/mol. The maximum atomic E-state index is 5.60. The van der Waals surface area contributed by atoms with Crippen LogP contribution in [-0.4, -0.2) is 16.0 Å². The fourth-order valence-electron chi connectivity index (χ4n) is 3.28. The number of hydrogen-bond donors (Lipinski definition) is 3. The van der Waals surface area contributed by atoms with E-state index in [2.05, 4.69) is 43.4 Å². The number of hydrazine groups is 1. The molecule has 4 N–H and O–H groups in total. The number of hydrogen-bond acceptors (Lipinski definition) is 5. The predicted octanol–water partition coefficient (Wildman–Crippen LogP) is 3.43. The van der Waals surface area contributed by atoms with Gasteiger partial charge in [-0.2, -0.15) is 0 Å². The van der Waals surface area contributed by atoms with Gasteiger partial charge in [-0.1, -0.05) is 34.1 Å². The summed E-state index contributed by atoms with van der Waals surface area (Å²) in [6.07, 6.45) is 3.78. The van der Waals surface area contributed by atoms with E-state index >= 15 is 0 Å². The molecule has 5 heteroatoms. The Bertz CT molecular complexity index is 486. The molecule has 0 amide bonds. The van der Waals surface area contributed by atoms with Crippen molar-refractivity contribution in [2.24, 2.45) is 17.7 Å². The van der Waals surface area contributed by atoms with E-state index < -0.39 is 0 Å². The lowest BCUT2D eigenvalue weighted by atomic mass is 9.93. The quantitative estimate of drug-likeness (QED) is 0.572. The molecule has 5 nitrogen and oxygen atoms in total. The second-order valence-electron chi connectivity index (χ2n) is 6.56. The summed E-state index contributed by atoms with van der Waals surface area (Å²) < 4.78 is 0. The Morgan fingerprint density at radius 1 is 1.24 bits per heavy atom. The Hall–Kier alpha value is -1.36. The van der Waals surface area contributed by atoms with E-state index in [0.717, 1.165) is 23.1 Å². The number of nitrogens with one attached hydrogen (secondary N) is 2. The maximum absolute atomic E-state index is 5.60. The molecular formula is C16H29N5. The summed E-state index contributed by atoms with van der Waals surface area (Å²) in [4.78, 5) is 9.20. The van der Waals surface area contributed by atoms with Crippen LogP contribution >= 0.6 is 0 Å². The minimum absolute atomic E-state index is 0.280. The first-order valence-electron chi connectivity index (χ1n) is 8.09. The number of nitrogen functional groups attached to an aromatic ring is 1. The molecule has 0 radical (unpaired) electrons. The topological polar surface area (TPSA) is 75.9 Å². The van der Waals surface area contributed by atoms with Crippen molar-refractivity contribution < 1.29 is 0 Å². The lowest BCUT2D eigenvalue weighted by Gasteiger charge is -2.23. The number of nitrogens with zero attached hydrogens (tertiary/aromatic N) is 2. The van der Waals surface area contributed by atoms with Crippen molar-refractivity contribution in [3.05, 3.63) is 11.4 Å². The van der Waals surface area contributed by atoms with Crippen LogP contribution in [0.4, 0.5) is 11.6 Å². The summed E-state index contributed by atoms with van der Waals surface area (Å²) in [5.74, 6) is 9.85. The largest absolute Gasteiger partial charge is 0.367 e. The van der Waals surface area contributed by atoms with E-state index in [1.807, 2.05) is 6.92 Å². The monoisotopic (exact) mass is 291 g/mol. The van der Waals surface area contributed by atoms with Gasteiger partial charge in [-0.25, -0.2) is 15.8 Å². The normalized spacial score (nSPS) is 25.4. The van der Waals surface area contributed by atoms with Gasteiger partial charge in [0.15, 0.2) is 0 Å². The SMILES string of the molecule is CCC1CCC(Nc2nc(C(C)C)nc(NN)c2C)C1C. The van der Waals surface area contributed by atoms with Gasteiger partial charge in [0, 0.05) is 17.5 Å². The molecule has 0 spiro atoms. The lowest BCUT2D eigenvalue weighted by Crippen LogP contribution is -2.26. The third-order valence-corrected chi connectivity index (χ3v) is 4.89. The summed E-state index contributed by atoms with van der Waals surface area (Å²) >= 11 is 0. The van der Waals surface area contributed by atoms with Crippen LogP contribution in [0.1, 0.15) is 64.3 Å². The smallest absolute Gasteiger partial charge is 0.148 e. The first-order chi connectivity index (χ1) is 9.97. The Morgan fingerprint density at radius 2 is 1.90 bits per heavy atom. The fourth-order valence-corrected chi connectivity index (χ4v) is 3.28. The highest BCUT2D eigenvalue weighted by Crippen LogP contribution is 2.36. The van der Waals surface area contributed by atoms with E-state index in [1.54, 1.807) is 0 Å². The molecule has 1 aliphatic rings. The summed E-state index contributed by atoms with van der Waals surface area (Å²) in [5, 5.41) is 3.65. The minimum Gasteiger partial charge on any atom is -0.367 e. The Morgan fingerprint density at radius 3 is 2.43 bits per heavy atom. The summed E-state index contributed by atoms with van der Waals surface area (Å²) in [7, 11) is 0. The summed E-state index contributed by atoms with van der Waals surface area (Å²) in [6, 6.07) is 0.495. The highest BCUT2D eigenvalue weighted by molar-refractivity contribution is 5.57. The average molecular weight is 291 g/mol. The second-order valence-corrected chi connectivity index (χ2v) is 6.56. The molecule has 2 rings (SSSR count). The zero-order chi connectivity index (χ0) is 15.6. The number of rotatable bonds is 5. The second kappa shape index (κ2) is 6.60. The third-order valence-electron chi connectivity index (χ3n) is 4.89. The molecule has 1 aromatic rings. The van der Waals surface area contributed by atoms with Crippen LogP contribution in [-0.2, 0) is 0 Å². The molecule has 3 unspecified atom stereocenters. The molecule has 1 saturated carbocycles. The predicted molar refractivity (Wildman–Crippen MR) is 88.3 cm³/mol. The van der Waals surface area contributed by atoms with Crippen LogP contribution in [0.2, 0.25) is 0 Å². The Balaban J connectivity index is 2.25. The number of nitrogens with two attached hydrogens (primary N) is 1. The molecule has 1 heterocycles. The Labute approximate surface area is 128 Å². The molecule has 1 fully saturated rings. The number of anilines is 2. The summed E-state index contributed by atoms with van der Waals surface area (Å²) in [5.41, 5.74) is 3.69. The molecule has 3 atom stereocenters. The molecule has 118 valence electrons. The van der Waals surface area contributed by atoms with Crippen LogP contribution in [0.5, 0.6) is 0 Å². The van der Waals surface area contributed by atoms with Gasteiger partial charge in [0.05, 0.1) is 0 Å². The van der Waals surface area contributed by atoms with Crippen molar-refractivity contribution in [1.82, 2.24) is 9.97 Å². The zero-order valence-corrected chi connectivity index (χ0v) is 13.9. The lowest BCUT2D eigenvalue weighted by molar-refractivity contribution is 0.391. The van der Waals surface area contributed by atoms with Crippen molar-refractivity contribution in [2.45, 2.75) is 65.8 Å². The number of aromatic nitrogens is 2. The highest BCUT2D eigenvalue weighted by Gasteiger charge is 2.32. The Kier molecular flexibility index (Phi) is 5.04. The molecule has 1 aliphatic carbocycles. The van der Waals surface area contributed by atoms with Gasteiger partial charge in [-0.05, 0) is 31.6 Å². The van der Waals surface area contributed by atoms with Crippen molar-refractivity contribution in [3.63, 3.8) is 0 Å². The molecule has 21 heavy (non-hydrogen) atoms. The van der Waals surface area contributed by atoms with Gasteiger partial charge < -0.3 is 10.7 Å². The summed E-state index contributed by atoms with van der Waals surface area (Å²) in [6.45, 7) is 10.8. The van der Waals surface area contributed by atoms with Gasteiger partial charge >= 0.3 is 0 Å². The van der Waals surface area contributed by atoms with Crippen LogP contribution in [0, 0.1) is 18.8 Å². The molecule has 1 aromatic heterocycles. The zero-order valence-electron chi connectivity index (χ0n) is 13.9. The van der Waals surface area contributed by atoms with E-state index in [0.29, 0.717) is 17.8 Å². The fraction of sp³-hybridized carbons (Fsp3) is 0.750. The van der Waals surface area contributed by atoms with Crippen molar-refractivity contribution >= 4 is 11.6 Å². The van der Waals surface area contributed by atoms with E-state index in [9.17, 15) is 0 Å².